The summed E-state index contributed by atoms with van der Waals surface area (Å²) >= 11 is 0. The van der Waals surface area contributed by atoms with E-state index < -0.39 is 17.9 Å². The van der Waals surface area contributed by atoms with Gasteiger partial charge < -0.3 is 29.7 Å². The Labute approximate surface area is 103 Å². The van der Waals surface area contributed by atoms with E-state index in [4.69, 9.17) is 0 Å². The van der Waals surface area contributed by atoms with Crippen molar-refractivity contribution in [2.45, 2.75) is 6.92 Å². The van der Waals surface area contributed by atoms with E-state index in [0.29, 0.717) is 0 Å². The van der Waals surface area contributed by atoms with Gasteiger partial charge in [-0.1, -0.05) is 30.8 Å². The van der Waals surface area contributed by atoms with Crippen LogP contribution in [0, 0.1) is 0 Å². The highest BCUT2D eigenvalue weighted by Crippen LogP contribution is 2.01. The third-order valence-corrected chi connectivity index (χ3v) is 1.70. The molecule has 0 unspecified atom stereocenters. The minimum Gasteiger partial charge on any atom is -0.545 e. The number of hydrogen-bond acceptors (Lipinski definition) is 6. The van der Waals surface area contributed by atoms with Crippen molar-refractivity contribution in [2.75, 3.05) is 0 Å². The molecule has 1 aromatic carbocycles. The normalized spacial score (nSPS) is 8.72. The van der Waals surface area contributed by atoms with Gasteiger partial charge in [0, 0.05) is 0 Å². The molecule has 0 bridgehead atoms. The average molecular weight is 249 g/mol. The number of carbonyl (C=O) groups excluding carboxylic acids is 3. The van der Waals surface area contributed by atoms with Gasteiger partial charge in [0.2, 0.25) is 0 Å². The smallest absolute Gasteiger partial charge is 0.0715 e. The molecule has 0 radical (unpaired) electrons. The molecule has 0 aliphatic rings. The van der Waals surface area contributed by atoms with Crippen molar-refractivity contribution in [1.82, 2.24) is 0 Å². The van der Waals surface area contributed by atoms with Crippen molar-refractivity contribution < 1.29 is 29.7 Å². The van der Waals surface area contributed by atoms with Crippen LogP contribution in [0.4, 0.5) is 0 Å². The summed E-state index contributed by atoms with van der Waals surface area (Å²) in [5, 5.41) is 29.9. The summed E-state index contributed by atoms with van der Waals surface area (Å²) < 4.78 is 0. The summed E-state index contributed by atoms with van der Waals surface area (Å²) in [7, 11) is 0. The first-order valence-electron chi connectivity index (χ1n) is 4.65. The van der Waals surface area contributed by atoms with E-state index in [2.05, 4.69) is 6.58 Å². The summed E-state index contributed by atoms with van der Waals surface area (Å²) in [5.74, 6) is -3.85. The van der Waals surface area contributed by atoms with E-state index in [1.54, 1.807) is 0 Å². The molecule has 0 N–H and O–H groups in total. The highest BCUT2D eigenvalue weighted by Gasteiger charge is 1.94. The molecule has 0 aliphatic heterocycles. The molecule has 0 aliphatic carbocycles. The number of aliphatic carboxylic acids is 1. The molecule has 0 heterocycles. The summed E-state index contributed by atoms with van der Waals surface area (Å²) in [6.07, 6.45) is 0. The van der Waals surface area contributed by atoms with Crippen LogP contribution in [0.25, 0.3) is 0 Å². The molecule has 0 amide bonds. The molecule has 6 heteroatoms. The van der Waals surface area contributed by atoms with E-state index in [9.17, 15) is 29.7 Å². The van der Waals surface area contributed by atoms with Crippen LogP contribution in [0.2, 0.25) is 0 Å². The fraction of sp³-hybridized carbons (Fsp3) is 0.0833. The fourth-order valence-electron chi connectivity index (χ4n) is 0.742. The van der Waals surface area contributed by atoms with Gasteiger partial charge in [0.1, 0.15) is 0 Å². The number of rotatable bonds is 3. The van der Waals surface area contributed by atoms with Crippen LogP contribution in [0.5, 0.6) is 0 Å². The Morgan fingerprint density at radius 2 is 1.11 bits per heavy atom. The maximum absolute atomic E-state index is 10.2. The first kappa shape index (κ1) is 15.4. The van der Waals surface area contributed by atoms with Crippen molar-refractivity contribution in [2.24, 2.45) is 0 Å². The molecule has 0 saturated carbocycles. The van der Waals surface area contributed by atoms with Gasteiger partial charge in [-0.25, -0.2) is 0 Å². The Bertz CT molecular complexity index is 427. The number of carbonyl (C=O) groups is 3. The van der Waals surface area contributed by atoms with Gasteiger partial charge in [0.05, 0.1) is 17.9 Å². The number of benzene rings is 1. The average Bonchev–Trinajstić information content (AvgIpc) is 2.29. The molecule has 96 valence electrons. The molecule has 0 spiro atoms. The highest BCUT2D eigenvalue weighted by atomic mass is 16.4. The fourth-order valence-corrected chi connectivity index (χ4v) is 0.742. The van der Waals surface area contributed by atoms with E-state index in [1.165, 1.54) is 6.92 Å². The molecule has 1 rings (SSSR count). The number of carboxylic acid groups (broad SMARTS) is 3. The predicted octanol–water partition coefficient (Wildman–Crippen LogP) is -2.27. The summed E-state index contributed by atoms with van der Waals surface area (Å²) in [5.41, 5.74) is -0.0463. The molecule has 0 atom stereocenters. The van der Waals surface area contributed by atoms with Crippen molar-refractivity contribution in [1.29, 1.82) is 0 Å². The van der Waals surface area contributed by atoms with Gasteiger partial charge >= 0.3 is 0 Å². The molecule has 0 saturated heterocycles. The molecule has 1 aromatic rings. The molecule has 0 aromatic heterocycles. The topological polar surface area (TPSA) is 120 Å². The van der Waals surface area contributed by atoms with Gasteiger partial charge in [-0.2, -0.15) is 0 Å². The number of aromatic carboxylic acids is 2. The summed E-state index contributed by atoms with van der Waals surface area (Å²) in [6, 6.07) is 4.61. The second-order valence-electron chi connectivity index (χ2n) is 3.22. The third kappa shape index (κ3) is 5.45. The largest absolute Gasteiger partial charge is 0.545 e. The van der Waals surface area contributed by atoms with Crippen molar-refractivity contribution in [3.63, 3.8) is 0 Å². The third-order valence-electron chi connectivity index (χ3n) is 1.70. The Kier molecular flexibility index (Phi) is 5.85. The molecule has 18 heavy (non-hydrogen) atoms. The number of hydrogen-bond donors (Lipinski definition) is 0. The Balaban J connectivity index is 0.000000411. The molecular formula is C12H9O6-3. The second-order valence-corrected chi connectivity index (χ2v) is 3.22. The zero-order valence-electron chi connectivity index (χ0n) is 9.47. The summed E-state index contributed by atoms with van der Waals surface area (Å²) in [6.45, 7) is 4.48. The van der Waals surface area contributed by atoms with Crippen LogP contribution < -0.4 is 15.3 Å². The Hall–Kier alpha value is -2.63. The molecule has 0 fully saturated rings. The Morgan fingerprint density at radius 3 is 1.22 bits per heavy atom. The van der Waals surface area contributed by atoms with Crippen molar-refractivity contribution in [3.8, 4) is 0 Å². The van der Waals surface area contributed by atoms with E-state index in [0.717, 1.165) is 24.3 Å². The lowest BCUT2D eigenvalue weighted by atomic mass is 10.1. The minimum atomic E-state index is -1.33. The zero-order valence-corrected chi connectivity index (χ0v) is 9.47. The van der Waals surface area contributed by atoms with Crippen molar-refractivity contribution >= 4 is 17.9 Å². The van der Waals surface area contributed by atoms with Crippen LogP contribution in [0.1, 0.15) is 27.6 Å². The van der Waals surface area contributed by atoms with Crippen LogP contribution in [-0.4, -0.2) is 17.9 Å². The first-order chi connectivity index (χ1) is 8.25. The van der Waals surface area contributed by atoms with Crippen LogP contribution in [-0.2, 0) is 4.79 Å². The monoisotopic (exact) mass is 249 g/mol. The minimum absolute atomic E-state index is 0.0556. The maximum Gasteiger partial charge on any atom is 0.0715 e. The van der Waals surface area contributed by atoms with Gasteiger partial charge in [-0.05, 0) is 23.6 Å². The lowest BCUT2D eigenvalue weighted by Gasteiger charge is -2.04. The summed E-state index contributed by atoms with van der Waals surface area (Å²) in [4.78, 5) is 29.9. The van der Waals surface area contributed by atoms with E-state index in [-0.39, 0.29) is 16.7 Å². The quantitative estimate of drug-likeness (QED) is 0.557. The number of carboxylic acids is 3. The second kappa shape index (κ2) is 6.85. The zero-order chi connectivity index (χ0) is 14.3. The van der Waals surface area contributed by atoms with Crippen LogP contribution in [0.3, 0.4) is 0 Å². The standard InChI is InChI=1S/C8H6O4.C4H6O2/c9-7(10)5-1-2-6(4-3-5)8(11)12;1-3(2)4(5)6/h1-4H,(H,9,10)(H,11,12);1H2,2H3,(H,5,6)/p-3. The maximum atomic E-state index is 10.2. The predicted molar refractivity (Wildman–Crippen MR) is 54.9 cm³/mol. The highest BCUT2D eigenvalue weighted by molar-refractivity contribution is 5.89. The Morgan fingerprint density at radius 1 is 0.889 bits per heavy atom. The lowest BCUT2D eigenvalue weighted by molar-refractivity contribution is -0.299. The molecular weight excluding hydrogens is 240 g/mol. The van der Waals surface area contributed by atoms with Crippen molar-refractivity contribution in [3.05, 3.63) is 47.5 Å². The lowest BCUT2D eigenvalue weighted by Crippen LogP contribution is -2.24. The van der Waals surface area contributed by atoms with Gasteiger partial charge in [-0.3, -0.25) is 0 Å². The van der Waals surface area contributed by atoms with Gasteiger partial charge in [0.15, 0.2) is 0 Å². The van der Waals surface area contributed by atoms with E-state index >= 15 is 0 Å². The first-order valence-corrected chi connectivity index (χ1v) is 4.65. The SMILES string of the molecule is C=C(C)C(=O)[O-].O=C([O-])c1ccc(C(=O)[O-])cc1. The van der Waals surface area contributed by atoms with E-state index in [1.807, 2.05) is 0 Å². The van der Waals surface area contributed by atoms with Gasteiger partial charge in [0.25, 0.3) is 0 Å². The van der Waals surface area contributed by atoms with Crippen LogP contribution in [0.15, 0.2) is 36.4 Å². The molecule has 6 nitrogen and oxygen atoms in total. The van der Waals surface area contributed by atoms with Crippen LogP contribution >= 0.6 is 0 Å². The van der Waals surface area contributed by atoms with Gasteiger partial charge in [-0.15, -0.1) is 0 Å².